The second-order valence-electron chi connectivity index (χ2n) is 4.34. The van der Waals surface area contributed by atoms with Crippen molar-refractivity contribution >= 4 is 39.3 Å². The molecule has 0 fully saturated rings. The number of carbonyl (C=O) groups excluding carboxylic acids is 1. The van der Waals surface area contributed by atoms with Gasteiger partial charge < -0.3 is 16.2 Å². The summed E-state index contributed by atoms with van der Waals surface area (Å²) in [5, 5.41) is 12.0. The fourth-order valence-corrected chi connectivity index (χ4v) is 2.17. The predicted molar refractivity (Wildman–Crippen MR) is 81.9 cm³/mol. The number of nitrogens with two attached hydrogens (primary N) is 1. The average Bonchev–Trinajstić information content (AvgIpc) is 2.40. The van der Waals surface area contributed by atoms with Gasteiger partial charge in [-0.1, -0.05) is 0 Å². The Bertz CT molecular complexity index is 731. The van der Waals surface area contributed by atoms with Crippen LogP contribution in [-0.2, 0) is 0 Å². The topological polar surface area (TPSA) is 105 Å². The fraction of sp³-hybridized carbons (Fsp3) is 0.0714. The van der Waals surface area contributed by atoms with Gasteiger partial charge in [-0.05, 0) is 53.2 Å². The van der Waals surface area contributed by atoms with Gasteiger partial charge in [0, 0.05) is 15.9 Å². The van der Waals surface area contributed by atoms with Crippen molar-refractivity contribution in [3.8, 4) is 0 Å². The highest BCUT2D eigenvalue weighted by atomic mass is 79.9. The first-order valence-electron chi connectivity index (χ1n) is 5.96. The molecule has 21 heavy (non-hydrogen) atoms. The molecule has 0 aliphatic rings. The summed E-state index contributed by atoms with van der Waals surface area (Å²) >= 11 is 3.17. The first kappa shape index (κ1) is 15.0. The Morgan fingerprint density at radius 2 is 1.95 bits per heavy atom. The molecule has 0 unspecified atom stereocenters. The van der Waals surface area contributed by atoms with Crippen LogP contribution in [0.2, 0.25) is 0 Å². The molecule has 1 amide bonds. The third-order valence-electron chi connectivity index (χ3n) is 2.76. The van der Waals surface area contributed by atoms with Crippen LogP contribution in [0.5, 0.6) is 0 Å². The van der Waals surface area contributed by atoms with Crippen molar-refractivity contribution in [1.29, 1.82) is 0 Å². The number of carbonyl (C=O) groups is 2. The van der Waals surface area contributed by atoms with Crippen LogP contribution >= 0.6 is 15.9 Å². The van der Waals surface area contributed by atoms with Crippen LogP contribution < -0.4 is 11.1 Å². The number of halogens is 1. The van der Waals surface area contributed by atoms with Crippen LogP contribution in [0.25, 0.3) is 0 Å². The molecule has 4 N–H and O–H groups in total. The van der Waals surface area contributed by atoms with Gasteiger partial charge in [-0.25, -0.2) is 9.78 Å². The van der Waals surface area contributed by atoms with E-state index in [-0.39, 0.29) is 11.1 Å². The lowest BCUT2D eigenvalue weighted by atomic mass is 10.2. The minimum atomic E-state index is -1.06. The molecule has 0 atom stereocenters. The first-order valence-corrected chi connectivity index (χ1v) is 6.75. The molecular formula is C14H12BrN3O3. The number of aromatic carboxylic acids is 1. The number of nitrogens with zero attached hydrogens (tertiary/aromatic N) is 1. The largest absolute Gasteiger partial charge is 0.478 e. The van der Waals surface area contributed by atoms with Gasteiger partial charge in [0.2, 0.25) is 0 Å². The number of aromatic nitrogens is 1. The molecule has 6 nitrogen and oxygen atoms in total. The second-order valence-corrected chi connectivity index (χ2v) is 5.19. The maximum absolute atomic E-state index is 11.4. The number of anilines is 2. The molecule has 108 valence electrons. The molecule has 2 rings (SSSR count). The number of hydrogen-bond donors (Lipinski definition) is 3. The highest BCUT2D eigenvalue weighted by molar-refractivity contribution is 9.10. The van der Waals surface area contributed by atoms with Gasteiger partial charge in [0.15, 0.2) is 0 Å². The van der Waals surface area contributed by atoms with Crippen LogP contribution in [-0.4, -0.2) is 22.0 Å². The van der Waals surface area contributed by atoms with Crippen molar-refractivity contribution < 1.29 is 14.7 Å². The molecular weight excluding hydrogens is 338 g/mol. The molecule has 1 aromatic heterocycles. The molecule has 0 saturated heterocycles. The summed E-state index contributed by atoms with van der Waals surface area (Å²) in [6.07, 6.45) is 0. The number of primary amides is 1. The molecule has 0 spiro atoms. The molecule has 0 aliphatic heterocycles. The van der Waals surface area contributed by atoms with Gasteiger partial charge in [-0.2, -0.15) is 0 Å². The van der Waals surface area contributed by atoms with Crippen LogP contribution in [0.1, 0.15) is 26.4 Å². The molecule has 0 saturated carbocycles. The molecule has 0 bridgehead atoms. The van der Waals surface area contributed by atoms with E-state index in [0.29, 0.717) is 21.7 Å². The number of carboxylic acid groups (broad SMARTS) is 1. The number of hydrogen-bond acceptors (Lipinski definition) is 4. The molecule has 1 heterocycles. The number of aryl methyl sites for hydroxylation is 1. The van der Waals surface area contributed by atoms with E-state index in [9.17, 15) is 9.59 Å². The summed E-state index contributed by atoms with van der Waals surface area (Å²) < 4.78 is 0.466. The van der Waals surface area contributed by atoms with Crippen molar-refractivity contribution in [2.75, 3.05) is 5.32 Å². The zero-order chi connectivity index (χ0) is 15.6. The average molecular weight is 350 g/mol. The van der Waals surface area contributed by atoms with Crippen molar-refractivity contribution in [1.82, 2.24) is 4.98 Å². The van der Waals surface area contributed by atoms with Crippen molar-refractivity contribution in [3.05, 3.63) is 51.6 Å². The van der Waals surface area contributed by atoms with Gasteiger partial charge in [0.25, 0.3) is 5.91 Å². The lowest BCUT2D eigenvalue weighted by Gasteiger charge is -2.11. The summed E-state index contributed by atoms with van der Waals surface area (Å²) in [4.78, 5) is 26.7. The Labute approximate surface area is 129 Å². The minimum Gasteiger partial charge on any atom is -0.478 e. The number of benzene rings is 1. The number of rotatable bonds is 4. The summed E-state index contributed by atoms with van der Waals surface area (Å²) in [7, 11) is 0. The van der Waals surface area contributed by atoms with E-state index in [4.69, 9.17) is 10.8 Å². The number of amides is 1. The Morgan fingerprint density at radius 1 is 1.24 bits per heavy atom. The molecule has 7 heteroatoms. The highest BCUT2D eigenvalue weighted by Crippen LogP contribution is 2.24. The molecule has 1 aromatic carbocycles. The third kappa shape index (κ3) is 3.38. The van der Waals surface area contributed by atoms with Gasteiger partial charge in [0.05, 0.1) is 11.1 Å². The Hall–Kier alpha value is -2.41. The molecule has 0 aliphatic carbocycles. The van der Waals surface area contributed by atoms with Crippen molar-refractivity contribution in [2.24, 2.45) is 5.73 Å². The lowest BCUT2D eigenvalue weighted by Crippen LogP contribution is -2.14. The molecule has 2 aromatic rings. The Balaban J connectivity index is 2.43. The minimum absolute atomic E-state index is 0.105. The van der Waals surface area contributed by atoms with Crippen LogP contribution in [0, 0.1) is 6.92 Å². The van der Waals surface area contributed by atoms with E-state index in [1.165, 1.54) is 6.07 Å². The number of carboxylic acids is 1. The zero-order valence-corrected chi connectivity index (χ0v) is 12.6. The lowest BCUT2D eigenvalue weighted by molar-refractivity contribution is 0.0695. The first-order chi connectivity index (χ1) is 9.88. The number of nitrogens with one attached hydrogen (secondary N) is 1. The fourth-order valence-electron chi connectivity index (χ4n) is 1.75. The van der Waals surface area contributed by atoms with E-state index < -0.39 is 11.9 Å². The van der Waals surface area contributed by atoms with E-state index in [1.807, 2.05) is 0 Å². The standard InChI is InChI=1S/C14H12BrN3O3/c1-7-2-4-9(12(16)19)13(17-7)18-8-3-5-11(15)10(6-8)14(20)21/h2-6H,1H3,(H2,16,19)(H,17,18)(H,20,21). The van der Waals surface area contributed by atoms with Gasteiger partial charge in [-0.3, -0.25) is 4.79 Å². The van der Waals surface area contributed by atoms with Crippen LogP contribution in [0.4, 0.5) is 11.5 Å². The van der Waals surface area contributed by atoms with E-state index in [1.54, 1.807) is 31.2 Å². The van der Waals surface area contributed by atoms with Crippen molar-refractivity contribution in [3.63, 3.8) is 0 Å². The highest BCUT2D eigenvalue weighted by Gasteiger charge is 2.13. The second kappa shape index (κ2) is 5.92. The summed E-state index contributed by atoms with van der Waals surface area (Å²) in [6, 6.07) is 7.97. The smallest absolute Gasteiger partial charge is 0.336 e. The number of pyridine rings is 1. The quantitative estimate of drug-likeness (QED) is 0.786. The Morgan fingerprint density at radius 3 is 2.57 bits per heavy atom. The van der Waals surface area contributed by atoms with E-state index >= 15 is 0 Å². The summed E-state index contributed by atoms with van der Waals surface area (Å²) in [5.41, 5.74) is 6.84. The maximum Gasteiger partial charge on any atom is 0.336 e. The molecule has 0 radical (unpaired) electrons. The van der Waals surface area contributed by atoms with Gasteiger partial charge in [0.1, 0.15) is 5.82 Å². The predicted octanol–water partition coefficient (Wildman–Crippen LogP) is 2.69. The maximum atomic E-state index is 11.4. The monoisotopic (exact) mass is 349 g/mol. The van der Waals surface area contributed by atoms with E-state index in [0.717, 1.165) is 0 Å². The third-order valence-corrected chi connectivity index (χ3v) is 3.45. The van der Waals surface area contributed by atoms with Crippen LogP contribution in [0.15, 0.2) is 34.8 Å². The summed E-state index contributed by atoms with van der Waals surface area (Å²) in [5.74, 6) is -1.38. The van der Waals surface area contributed by atoms with Crippen LogP contribution in [0.3, 0.4) is 0 Å². The normalized spacial score (nSPS) is 10.2. The SMILES string of the molecule is Cc1ccc(C(N)=O)c(Nc2ccc(Br)c(C(=O)O)c2)n1. The zero-order valence-electron chi connectivity index (χ0n) is 11.1. The Kier molecular flexibility index (Phi) is 4.23. The van der Waals surface area contributed by atoms with Crippen molar-refractivity contribution in [2.45, 2.75) is 6.92 Å². The van der Waals surface area contributed by atoms with Gasteiger partial charge >= 0.3 is 5.97 Å². The van der Waals surface area contributed by atoms with Gasteiger partial charge in [-0.15, -0.1) is 0 Å². The summed E-state index contributed by atoms with van der Waals surface area (Å²) in [6.45, 7) is 1.78. The van der Waals surface area contributed by atoms with E-state index in [2.05, 4.69) is 26.2 Å².